The maximum atomic E-state index is 13.2. The number of ketones is 1. The number of amides is 2. The van der Waals surface area contributed by atoms with Crippen molar-refractivity contribution in [2.24, 2.45) is 10.2 Å². The molecule has 4 N–H and O–H groups in total. The molecule has 2 aromatic rings. The molecule has 0 saturated carbocycles. The third-order valence-corrected chi connectivity index (χ3v) is 6.62. The fourth-order valence-corrected chi connectivity index (χ4v) is 4.71. The second-order valence-electron chi connectivity index (χ2n) is 8.74. The zero-order valence-electron chi connectivity index (χ0n) is 19.8. The number of allylic oxidation sites excluding steroid dienone is 1. The van der Waals surface area contributed by atoms with Gasteiger partial charge in [-0.3, -0.25) is 19.3 Å². The molecule has 1 unspecified atom stereocenters. The number of nitrogens with one attached hydrogen (secondary N) is 1. The summed E-state index contributed by atoms with van der Waals surface area (Å²) in [5.74, 6) is -1.78. The number of imide groups is 1. The predicted molar refractivity (Wildman–Crippen MR) is 133 cm³/mol. The van der Waals surface area contributed by atoms with Crippen molar-refractivity contribution in [2.75, 3.05) is 11.1 Å². The molecule has 2 aromatic carbocycles. The zero-order chi connectivity index (χ0) is 25.6. The van der Waals surface area contributed by atoms with Gasteiger partial charge in [-0.25, -0.2) is 0 Å². The molecule has 2 amide bonds. The third-order valence-electron chi connectivity index (χ3n) is 6.62. The fourth-order valence-electron chi connectivity index (χ4n) is 4.71. The van der Waals surface area contributed by atoms with E-state index in [4.69, 9.17) is 10.5 Å². The predicted octanol–water partition coefficient (Wildman–Crippen LogP) is 4.93. The van der Waals surface area contributed by atoms with Crippen LogP contribution in [0.15, 0.2) is 58.6 Å². The molecule has 10 heteroatoms. The Bertz CT molecular complexity index is 1380. The van der Waals surface area contributed by atoms with Crippen molar-refractivity contribution >= 4 is 40.4 Å². The lowest BCUT2D eigenvalue weighted by Crippen LogP contribution is -2.39. The maximum Gasteiger partial charge on any atom is 0.264 e. The van der Waals surface area contributed by atoms with Crippen LogP contribution in [0, 0.1) is 0 Å². The van der Waals surface area contributed by atoms with E-state index < -0.39 is 17.6 Å². The van der Waals surface area contributed by atoms with E-state index in [1.807, 2.05) is 19.9 Å². The topological polar surface area (TPSA) is 147 Å². The number of nitrogens with zero attached hydrogens (tertiary/aromatic N) is 3. The molecule has 1 atom stereocenters. The van der Waals surface area contributed by atoms with Gasteiger partial charge in [0.1, 0.15) is 0 Å². The summed E-state index contributed by atoms with van der Waals surface area (Å²) >= 11 is 0. The van der Waals surface area contributed by atoms with Crippen LogP contribution in [-0.4, -0.2) is 39.9 Å². The van der Waals surface area contributed by atoms with Gasteiger partial charge in [-0.05, 0) is 49.2 Å². The number of nitrogens with two attached hydrogens (primary N) is 1. The highest BCUT2D eigenvalue weighted by Crippen LogP contribution is 2.39. The Morgan fingerprint density at radius 3 is 2.53 bits per heavy atom. The Morgan fingerprint density at radius 1 is 1.08 bits per heavy atom. The number of carbonyl (C=O) groups is 3. The van der Waals surface area contributed by atoms with Crippen molar-refractivity contribution < 1.29 is 24.2 Å². The number of rotatable bonds is 7. The summed E-state index contributed by atoms with van der Waals surface area (Å²) in [6.45, 7) is 3.80. The molecule has 5 rings (SSSR count). The molecular formula is C26H25N5O5. The number of azo groups is 1. The minimum absolute atomic E-state index is 0.0513. The van der Waals surface area contributed by atoms with Crippen LogP contribution in [0.25, 0.3) is 5.76 Å². The number of nitrogen functional groups attached to an aromatic ring is 1. The number of aliphatic hydroxyl groups excluding tert-OH is 1. The van der Waals surface area contributed by atoms with Crippen LogP contribution in [0.3, 0.4) is 0 Å². The van der Waals surface area contributed by atoms with Crippen LogP contribution >= 0.6 is 0 Å². The Morgan fingerprint density at radius 2 is 1.83 bits per heavy atom. The minimum Gasteiger partial charge on any atom is -0.505 e. The number of Topliss-reactive ketones (excluding diaryl/α,β-unsaturated/α-hetero) is 1. The average molecular weight is 488 g/mol. The van der Waals surface area contributed by atoms with Gasteiger partial charge < -0.3 is 20.9 Å². The van der Waals surface area contributed by atoms with Crippen LogP contribution in [0.5, 0.6) is 0 Å². The van der Waals surface area contributed by atoms with Crippen LogP contribution in [0.1, 0.15) is 69.7 Å². The highest BCUT2D eigenvalue weighted by Gasteiger charge is 2.42. The minimum atomic E-state index is -0.506. The van der Waals surface area contributed by atoms with E-state index in [9.17, 15) is 19.5 Å². The molecule has 0 fully saturated rings. The lowest BCUT2D eigenvalue weighted by atomic mass is 10.1. The van der Waals surface area contributed by atoms with E-state index in [1.165, 1.54) is 17.0 Å². The summed E-state index contributed by atoms with van der Waals surface area (Å²) in [4.78, 5) is 40.5. The molecule has 0 saturated heterocycles. The average Bonchev–Trinajstić information content (AvgIpc) is 3.54. The van der Waals surface area contributed by atoms with Crippen LogP contribution in [0.2, 0.25) is 0 Å². The number of fused-ring (bicyclic) bond motifs is 2. The van der Waals surface area contributed by atoms with Gasteiger partial charge in [0.25, 0.3) is 11.8 Å². The Labute approximate surface area is 207 Å². The molecule has 0 aromatic heterocycles. The molecule has 0 radical (unpaired) electrons. The van der Waals surface area contributed by atoms with Gasteiger partial charge in [-0.2, -0.15) is 0 Å². The van der Waals surface area contributed by atoms with Crippen LogP contribution in [-0.2, 0) is 4.74 Å². The number of carbonyl (C=O) groups excluding carboxylic acids is 3. The van der Waals surface area contributed by atoms with Crippen molar-refractivity contribution in [2.45, 2.75) is 45.4 Å². The molecule has 0 bridgehead atoms. The summed E-state index contributed by atoms with van der Waals surface area (Å²) in [7, 11) is 0. The fraction of sp³-hybridized carbons (Fsp3) is 0.269. The van der Waals surface area contributed by atoms with Crippen LogP contribution in [0.4, 0.5) is 17.1 Å². The number of ether oxygens (including phenoxy) is 1. The Hall–Kier alpha value is -4.47. The highest BCUT2D eigenvalue weighted by molar-refractivity contribution is 6.26. The third kappa shape index (κ3) is 3.62. The molecule has 0 spiro atoms. The number of aliphatic hydroxyl groups is 1. The summed E-state index contributed by atoms with van der Waals surface area (Å²) in [5, 5.41) is 22.0. The van der Waals surface area contributed by atoms with Gasteiger partial charge >= 0.3 is 0 Å². The Balaban J connectivity index is 1.45. The standard InChI is InChI=1S/C26H25N5O5/c1-3-14(4-2)31-25(34)20-17(27)9-10-18(21(20)26(31)35)29-30-22-23(32)15-8-7-13(12-16(15)24(22)33)28-19-6-5-11-36-19/h5,7-12,14,19,28,32H,3-4,6,27H2,1-2H3. The van der Waals surface area contributed by atoms with E-state index in [0.717, 1.165) is 0 Å². The number of anilines is 2. The van der Waals surface area contributed by atoms with Crippen molar-refractivity contribution in [3.8, 4) is 0 Å². The molecule has 2 aliphatic heterocycles. The SMILES string of the molecule is CCC(CC)N1C(=O)c2c(N)ccc(N=NC3=C(O)c4ccc(NC5CC=CO5)cc4C3=O)c2C1=O. The first-order valence-corrected chi connectivity index (χ1v) is 11.8. The summed E-state index contributed by atoms with van der Waals surface area (Å²) in [5.41, 5.74) is 7.45. The summed E-state index contributed by atoms with van der Waals surface area (Å²) < 4.78 is 5.40. The first-order chi connectivity index (χ1) is 17.3. The number of benzene rings is 2. The lowest BCUT2D eigenvalue weighted by Gasteiger charge is -2.23. The van der Waals surface area contributed by atoms with E-state index >= 15 is 0 Å². The van der Waals surface area contributed by atoms with Crippen molar-refractivity contribution in [1.82, 2.24) is 4.90 Å². The molecule has 3 aliphatic rings. The van der Waals surface area contributed by atoms with Gasteiger partial charge in [-0.15, -0.1) is 10.2 Å². The normalized spacial score (nSPS) is 18.6. The quantitative estimate of drug-likeness (QED) is 0.285. The molecule has 36 heavy (non-hydrogen) atoms. The van der Waals surface area contributed by atoms with Gasteiger partial charge in [0.2, 0.25) is 5.78 Å². The molecule has 10 nitrogen and oxygen atoms in total. The van der Waals surface area contributed by atoms with E-state index in [0.29, 0.717) is 30.5 Å². The van der Waals surface area contributed by atoms with Gasteiger partial charge in [0.05, 0.1) is 23.1 Å². The first-order valence-electron chi connectivity index (χ1n) is 11.8. The van der Waals surface area contributed by atoms with Gasteiger partial charge in [-0.1, -0.05) is 13.8 Å². The molecule has 1 aliphatic carbocycles. The van der Waals surface area contributed by atoms with E-state index in [1.54, 1.807) is 24.5 Å². The Kier molecular flexibility index (Phi) is 5.79. The van der Waals surface area contributed by atoms with Gasteiger partial charge in [0.15, 0.2) is 17.7 Å². The summed E-state index contributed by atoms with van der Waals surface area (Å²) in [6.07, 6.45) is 5.17. The van der Waals surface area contributed by atoms with E-state index in [2.05, 4.69) is 15.5 Å². The zero-order valence-corrected chi connectivity index (χ0v) is 19.8. The van der Waals surface area contributed by atoms with Crippen molar-refractivity contribution in [3.05, 3.63) is 70.6 Å². The maximum absolute atomic E-state index is 13.2. The van der Waals surface area contributed by atoms with Crippen molar-refractivity contribution in [1.29, 1.82) is 0 Å². The number of hydrogen-bond acceptors (Lipinski definition) is 9. The largest absolute Gasteiger partial charge is 0.505 e. The lowest BCUT2D eigenvalue weighted by molar-refractivity contribution is 0.0576. The van der Waals surface area contributed by atoms with Crippen molar-refractivity contribution in [3.63, 3.8) is 0 Å². The first kappa shape index (κ1) is 23.3. The molecular weight excluding hydrogens is 462 g/mol. The monoisotopic (exact) mass is 487 g/mol. The van der Waals surface area contributed by atoms with E-state index in [-0.39, 0.29) is 51.8 Å². The summed E-state index contributed by atoms with van der Waals surface area (Å²) in [6, 6.07) is 7.65. The second-order valence-corrected chi connectivity index (χ2v) is 8.74. The van der Waals surface area contributed by atoms with Gasteiger partial charge in [0, 0.05) is 35.0 Å². The second kappa shape index (κ2) is 8.95. The highest BCUT2D eigenvalue weighted by atomic mass is 16.5. The van der Waals surface area contributed by atoms with Crippen LogP contribution < -0.4 is 11.1 Å². The molecule has 2 heterocycles. The number of hydrogen-bond donors (Lipinski definition) is 3. The smallest absolute Gasteiger partial charge is 0.264 e. The molecule has 184 valence electrons.